The van der Waals surface area contributed by atoms with Crippen LogP contribution in [0.2, 0.25) is 0 Å². The Morgan fingerprint density at radius 1 is 0.938 bits per heavy atom. The standard InChI is InChI=1S/C12H12N2O2/c1-3-9-5-10(4-2)12(8-14-16)6-11(9)7-13-15/h5-6H,3-4H2,1-2H3/p+2. The van der Waals surface area contributed by atoms with E-state index >= 15 is 0 Å². The maximum absolute atomic E-state index is 8.51. The van der Waals surface area contributed by atoms with Gasteiger partial charge in [-0.2, -0.15) is 10.4 Å². The molecule has 82 valence electrons. The lowest BCUT2D eigenvalue weighted by molar-refractivity contribution is 0.464. The molecule has 4 heteroatoms. The highest BCUT2D eigenvalue weighted by Gasteiger charge is 2.13. The first-order valence-electron chi connectivity index (χ1n) is 5.12. The summed E-state index contributed by atoms with van der Waals surface area (Å²) >= 11 is 0. The van der Waals surface area contributed by atoms with Crippen LogP contribution < -0.4 is 0 Å². The molecule has 0 radical (unpaired) electrons. The van der Waals surface area contributed by atoms with Gasteiger partial charge in [-0.15, -0.1) is 0 Å². The van der Waals surface area contributed by atoms with Gasteiger partial charge >= 0.3 is 12.1 Å². The Balaban J connectivity index is 3.42. The summed E-state index contributed by atoms with van der Waals surface area (Å²) in [5.74, 6) is 0. The van der Waals surface area contributed by atoms with Crippen molar-refractivity contribution in [3.63, 3.8) is 0 Å². The van der Waals surface area contributed by atoms with Gasteiger partial charge in [-0.3, -0.25) is 0 Å². The van der Waals surface area contributed by atoms with E-state index in [1.807, 2.05) is 19.9 Å². The number of nitrogens with zero attached hydrogens (tertiary/aromatic N) is 2. The second kappa shape index (κ2) is 5.63. The molecular weight excluding hydrogens is 204 g/mol. The zero-order chi connectivity index (χ0) is 12.0. The van der Waals surface area contributed by atoms with Gasteiger partial charge in [0.15, 0.2) is 0 Å². The maximum Gasteiger partial charge on any atom is 0.388 e. The largest absolute Gasteiger partial charge is 0.388 e. The second-order valence-electron chi connectivity index (χ2n) is 3.30. The second-order valence-corrected chi connectivity index (χ2v) is 3.30. The van der Waals surface area contributed by atoms with E-state index < -0.39 is 0 Å². The van der Waals surface area contributed by atoms with Crippen molar-refractivity contribution >= 4 is 0 Å². The molecule has 0 aliphatic heterocycles. The predicted molar refractivity (Wildman–Crippen MR) is 61.5 cm³/mol. The zero-order valence-electron chi connectivity index (χ0n) is 9.36. The SMILES string of the molecule is CCc1cc(CC)c(C#[N+]O)cc1C#[N+]O. The molecule has 0 aliphatic rings. The molecule has 0 saturated heterocycles. The Morgan fingerprint density at radius 2 is 1.38 bits per heavy atom. The van der Waals surface area contributed by atoms with Gasteiger partial charge in [-0.05, 0) is 30.0 Å². The lowest BCUT2D eigenvalue weighted by atomic mass is 9.97. The number of hydrogen-bond donors (Lipinski definition) is 2. The van der Waals surface area contributed by atoms with Crippen LogP contribution in [-0.4, -0.2) is 10.4 Å². The maximum atomic E-state index is 8.51. The Bertz CT molecular complexity index is 458. The molecule has 2 N–H and O–H groups in total. The topological polar surface area (TPSA) is 49.2 Å². The lowest BCUT2D eigenvalue weighted by Gasteiger charge is -2.02. The highest BCUT2D eigenvalue weighted by molar-refractivity contribution is 5.50. The van der Waals surface area contributed by atoms with E-state index in [4.69, 9.17) is 10.4 Å². The normalized spacial score (nSPS) is 8.62. The summed E-state index contributed by atoms with van der Waals surface area (Å²) in [6, 6.07) is 8.72. The molecule has 1 aromatic rings. The van der Waals surface area contributed by atoms with Crippen LogP contribution in [0.4, 0.5) is 0 Å². The van der Waals surface area contributed by atoms with Gasteiger partial charge in [0.2, 0.25) is 10.0 Å². The quantitative estimate of drug-likeness (QED) is 0.750. The van der Waals surface area contributed by atoms with Crippen molar-refractivity contribution in [2.75, 3.05) is 0 Å². The molecule has 0 bridgehead atoms. The van der Waals surface area contributed by atoms with Crippen molar-refractivity contribution in [3.05, 3.63) is 44.4 Å². The van der Waals surface area contributed by atoms with Crippen molar-refractivity contribution in [1.82, 2.24) is 0 Å². The monoisotopic (exact) mass is 218 g/mol. The molecule has 0 heterocycles. The van der Waals surface area contributed by atoms with Crippen LogP contribution in [0.1, 0.15) is 36.1 Å². The van der Waals surface area contributed by atoms with Gasteiger partial charge in [0.25, 0.3) is 0 Å². The molecule has 1 rings (SSSR count). The minimum atomic E-state index is 0.688. The Kier molecular flexibility index (Phi) is 4.17. The van der Waals surface area contributed by atoms with Gasteiger partial charge in [-0.1, -0.05) is 19.9 Å². The highest BCUT2D eigenvalue weighted by Crippen LogP contribution is 2.17. The van der Waals surface area contributed by atoms with Gasteiger partial charge in [-0.25, -0.2) is 0 Å². The summed E-state index contributed by atoms with van der Waals surface area (Å²) in [6.07, 6.45) is 1.64. The fraction of sp³-hybridized carbons (Fsp3) is 0.333. The van der Waals surface area contributed by atoms with Crippen molar-refractivity contribution < 1.29 is 10.4 Å². The third-order valence-corrected chi connectivity index (χ3v) is 2.43. The first-order chi connectivity index (χ1) is 7.76. The van der Waals surface area contributed by atoms with Crippen molar-refractivity contribution in [2.24, 2.45) is 0 Å². The lowest BCUT2D eigenvalue weighted by Crippen LogP contribution is -1.95. The first kappa shape index (κ1) is 11.9. The highest BCUT2D eigenvalue weighted by atomic mass is 16.4. The summed E-state index contributed by atoms with van der Waals surface area (Å²) in [6.45, 7) is 4.03. The minimum absolute atomic E-state index is 0.688. The average molecular weight is 218 g/mol. The van der Waals surface area contributed by atoms with E-state index in [1.165, 1.54) is 0 Å². The minimum Gasteiger partial charge on any atom is -0.177 e. The smallest absolute Gasteiger partial charge is 0.177 e. The van der Waals surface area contributed by atoms with Crippen LogP contribution in [0.15, 0.2) is 12.1 Å². The molecular formula is C12H14N2O2+2. The van der Waals surface area contributed by atoms with Crippen LogP contribution in [0, 0.1) is 12.1 Å². The molecule has 0 saturated carbocycles. The Morgan fingerprint density at radius 3 is 1.69 bits per heavy atom. The molecule has 1 aromatic carbocycles. The van der Waals surface area contributed by atoms with Crippen LogP contribution in [0.3, 0.4) is 0 Å². The first-order valence-corrected chi connectivity index (χ1v) is 5.12. The van der Waals surface area contributed by atoms with Crippen molar-refractivity contribution in [1.29, 1.82) is 0 Å². The molecule has 0 amide bonds. The number of rotatable bonds is 2. The van der Waals surface area contributed by atoms with Crippen molar-refractivity contribution in [2.45, 2.75) is 26.7 Å². The van der Waals surface area contributed by atoms with Crippen molar-refractivity contribution in [3.8, 4) is 12.1 Å². The molecule has 0 aliphatic carbocycles. The molecule has 0 atom stereocenters. The number of benzene rings is 1. The van der Waals surface area contributed by atoms with E-state index in [0.29, 0.717) is 11.1 Å². The van der Waals surface area contributed by atoms with Crippen LogP contribution in [-0.2, 0) is 12.8 Å². The summed E-state index contributed by atoms with van der Waals surface area (Å²) < 4.78 is 0. The van der Waals surface area contributed by atoms with Crippen LogP contribution in [0.25, 0.3) is 10.0 Å². The fourth-order valence-electron chi connectivity index (χ4n) is 1.60. The van der Waals surface area contributed by atoms with Gasteiger partial charge in [0, 0.05) is 0 Å². The molecule has 4 nitrogen and oxygen atoms in total. The Hall–Kier alpha value is -2.20. The van der Waals surface area contributed by atoms with Crippen LogP contribution >= 0.6 is 0 Å². The summed E-state index contributed by atoms with van der Waals surface area (Å²) in [5, 5.41) is 22.8. The van der Waals surface area contributed by atoms with E-state index in [1.54, 1.807) is 6.07 Å². The van der Waals surface area contributed by atoms with Gasteiger partial charge < -0.3 is 0 Å². The van der Waals surface area contributed by atoms with E-state index in [2.05, 4.69) is 22.2 Å². The third kappa shape index (κ3) is 2.43. The predicted octanol–water partition coefficient (Wildman–Crippen LogP) is 2.95. The molecule has 0 unspecified atom stereocenters. The average Bonchev–Trinajstić information content (AvgIpc) is 2.30. The number of hydrogen-bond acceptors (Lipinski definition) is 2. The molecule has 16 heavy (non-hydrogen) atoms. The summed E-state index contributed by atoms with van der Waals surface area (Å²) in [7, 11) is 0. The van der Waals surface area contributed by atoms with Gasteiger partial charge in [0.05, 0.1) is 0 Å². The summed E-state index contributed by atoms with van der Waals surface area (Å²) in [5.41, 5.74) is 3.46. The summed E-state index contributed by atoms with van der Waals surface area (Å²) in [4.78, 5) is 0. The molecule has 0 spiro atoms. The number of aryl methyl sites for hydroxylation is 2. The van der Waals surface area contributed by atoms with E-state index in [-0.39, 0.29) is 0 Å². The fourth-order valence-corrected chi connectivity index (χ4v) is 1.60. The van der Waals surface area contributed by atoms with E-state index in [9.17, 15) is 0 Å². The van der Waals surface area contributed by atoms with Crippen LogP contribution in [0.5, 0.6) is 0 Å². The molecule has 0 aromatic heterocycles. The van der Waals surface area contributed by atoms with Gasteiger partial charge in [0.1, 0.15) is 11.1 Å². The third-order valence-electron chi connectivity index (χ3n) is 2.43. The Labute approximate surface area is 94.3 Å². The molecule has 0 fully saturated rings. The van der Waals surface area contributed by atoms with E-state index in [0.717, 1.165) is 24.0 Å². The zero-order valence-corrected chi connectivity index (χ0v) is 9.36.